The number of ether oxygens (including phenoxy) is 2. The number of piperidine rings is 1. The summed E-state index contributed by atoms with van der Waals surface area (Å²) in [5.41, 5.74) is 4.76. The standard InChI is InChI=1S/C24H34F2N6O3.C3H8O2/c1-22(2,3)35-21(33)31-11-8-24(25,26)23(14-31)7-10-30(13-23)12-16-4-5-18(34-16)32-9-6-17-19(27)28-15-29-20(17)32;1-3(2,4)5/h6,9,15-16,18H,4-5,7-8,10-14H2,1-3H3,(H2,27,28,29);4-5H,1-2H3. The number of likely N-dealkylation sites (tertiary alicyclic amines) is 2. The summed E-state index contributed by atoms with van der Waals surface area (Å²) in [6.07, 6.45) is 4.22. The van der Waals surface area contributed by atoms with Gasteiger partial charge in [0.25, 0.3) is 5.92 Å². The summed E-state index contributed by atoms with van der Waals surface area (Å²) < 4.78 is 44.1. The van der Waals surface area contributed by atoms with Gasteiger partial charge in [0.1, 0.15) is 29.6 Å². The number of alkyl halides is 2. The van der Waals surface area contributed by atoms with E-state index in [0.29, 0.717) is 25.3 Å². The van der Waals surface area contributed by atoms with Crippen LogP contribution in [0.25, 0.3) is 11.0 Å². The van der Waals surface area contributed by atoms with Gasteiger partial charge in [-0.1, -0.05) is 0 Å². The molecule has 40 heavy (non-hydrogen) atoms. The molecule has 0 saturated carbocycles. The number of aromatic nitrogens is 3. The van der Waals surface area contributed by atoms with Crippen molar-refractivity contribution in [1.29, 1.82) is 0 Å². The first kappa shape index (κ1) is 30.4. The second-order valence-corrected chi connectivity index (χ2v) is 12.6. The third-order valence-electron chi connectivity index (χ3n) is 7.45. The Labute approximate surface area is 233 Å². The number of nitrogens with zero attached hydrogens (tertiary/aromatic N) is 5. The number of carbonyl (C=O) groups excluding carboxylic acids is 1. The van der Waals surface area contributed by atoms with E-state index in [1.807, 2.05) is 16.8 Å². The minimum atomic E-state index is -2.83. The molecule has 0 bridgehead atoms. The molecule has 11 nitrogen and oxygen atoms in total. The molecule has 13 heteroatoms. The summed E-state index contributed by atoms with van der Waals surface area (Å²) in [7, 11) is 0. The molecule has 0 aromatic carbocycles. The molecule has 3 aliphatic heterocycles. The van der Waals surface area contributed by atoms with E-state index in [1.54, 1.807) is 20.8 Å². The van der Waals surface area contributed by atoms with E-state index in [0.717, 1.165) is 23.9 Å². The summed E-state index contributed by atoms with van der Waals surface area (Å²) in [6.45, 7) is 9.33. The van der Waals surface area contributed by atoms with Crippen LogP contribution >= 0.6 is 0 Å². The zero-order chi connectivity index (χ0) is 29.5. The Kier molecular flexibility index (Phi) is 8.34. The monoisotopic (exact) mass is 568 g/mol. The molecule has 5 rings (SSSR count). The van der Waals surface area contributed by atoms with E-state index >= 15 is 8.78 Å². The number of hydrogen-bond acceptors (Lipinski definition) is 9. The molecule has 0 aliphatic carbocycles. The Bertz CT molecular complexity index is 1190. The highest BCUT2D eigenvalue weighted by Crippen LogP contribution is 2.50. The number of hydrogen-bond donors (Lipinski definition) is 3. The number of halogens is 2. The number of nitrogens with two attached hydrogens (primary N) is 1. The van der Waals surface area contributed by atoms with Crippen molar-refractivity contribution >= 4 is 22.9 Å². The predicted octanol–water partition coefficient (Wildman–Crippen LogP) is 3.37. The average molecular weight is 569 g/mol. The fraction of sp³-hybridized carbons (Fsp3) is 0.741. The van der Waals surface area contributed by atoms with E-state index in [1.165, 1.54) is 25.1 Å². The first-order chi connectivity index (χ1) is 18.5. The van der Waals surface area contributed by atoms with Crippen LogP contribution in [-0.4, -0.2) is 96.8 Å². The molecule has 1 amide bonds. The van der Waals surface area contributed by atoms with E-state index in [4.69, 9.17) is 25.4 Å². The smallest absolute Gasteiger partial charge is 0.410 e. The summed E-state index contributed by atoms with van der Waals surface area (Å²) in [4.78, 5) is 24.5. The van der Waals surface area contributed by atoms with Gasteiger partial charge in [0.15, 0.2) is 5.79 Å². The molecule has 224 valence electrons. The van der Waals surface area contributed by atoms with Gasteiger partial charge in [-0.2, -0.15) is 0 Å². The predicted molar refractivity (Wildman–Crippen MR) is 144 cm³/mol. The third kappa shape index (κ3) is 6.99. The molecular formula is C27H42F2N6O5. The molecule has 3 aliphatic rings. The van der Waals surface area contributed by atoms with Gasteiger partial charge in [-0.25, -0.2) is 23.5 Å². The lowest BCUT2D eigenvalue weighted by atomic mass is 9.75. The van der Waals surface area contributed by atoms with Crippen LogP contribution in [0.5, 0.6) is 0 Å². The number of carbonyl (C=O) groups is 1. The van der Waals surface area contributed by atoms with E-state index in [-0.39, 0.29) is 38.4 Å². The minimum absolute atomic E-state index is 0.00990. The highest BCUT2D eigenvalue weighted by Gasteiger charge is 2.60. The van der Waals surface area contributed by atoms with Crippen LogP contribution in [0.3, 0.4) is 0 Å². The van der Waals surface area contributed by atoms with Gasteiger partial charge < -0.3 is 34.9 Å². The van der Waals surface area contributed by atoms with Crippen LogP contribution < -0.4 is 5.73 Å². The lowest BCUT2D eigenvalue weighted by Crippen LogP contribution is -2.58. The Balaban J connectivity index is 0.000000681. The highest BCUT2D eigenvalue weighted by atomic mass is 19.3. The maximum Gasteiger partial charge on any atom is 0.410 e. The Morgan fingerprint density at radius 2 is 1.85 bits per heavy atom. The second-order valence-electron chi connectivity index (χ2n) is 12.6. The summed E-state index contributed by atoms with van der Waals surface area (Å²) >= 11 is 0. The molecule has 3 fully saturated rings. The van der Waals surface area contributed by atoms with Crippen molar-refractivity contribution in [3.8, 4) is 0 Å². The third-order valence-corrected chi connectivity index (χ3v) is 7.45. The molecule has 0 radical (unpaired) electrons. The van der Waals surface area contributed by atoms with Crippen LogP contribution in [0.1, 0.15) is 66.5 Å². The molecule has 4 N–H and O–H groups in total. The van der Waals surface area contributed by atoms with Crippen molar-refractivity contribution in [1.82, 2.24) is 24.3 Å². The van der Waals surface area contributed by atoms with Crippen molar-refractivity contribution in [2.45, 2.75) is 89.9 Å². The van der Waals surface area contributed by atoms with Gasteiger partial charge in [0, 0.05) is 38.8 Å². The first-order valence-electron chi connectivity index (χ1n) is 13.7. The summed E-state index contributed by atoms with van der Waals surface area (Å²) in [6, 6.07) is 1.88. The van der Waals surface area contributed by atoms with Crippen LogP contribution in [0, 0.1) is 5.41 Å². The topological polar surface area (TPSA) is 139 Å². The zero-order valence-electron chi connectivity index (χ0n) is 23.9. The average Bonchev–Trinajstić information content (AvgIpc) is 3.53. The minimum Gasteiger partial charge on any atom is -0.444 e. The maximum atomic E-state index is 15.2. The quantitative estimate of drug-likeness (QED) is 0.476. The van der Waals surface area contributed by atoms with Crippen molar-refractivity contribution in [2.24, 2.45) is 5.41 Å². The van der Waals surface area contributed by atoms with Gasteiger partial charge in [-0.05, 0) is 66.5 Å². The number of aliphatic hydroxyl groups is 2. The van der Waals surface area contributed by atoms with Crippen molar-refractivity contribution in [2.75, 3.05) is 38.5 Å². The fourth-order valence-corrected chi connectivity index (χ4v) is 5.66. The molecule has 2 aromatic heterocycles. The second kappa shape index (κ2) is 11.0. The molecular weight excluding hydrogens is 526 g/mol. The Morgan fingerprint density at radius 1 is 1.15 bits per heavy atom. The Hall–Kier alpha value is -2.61. The molecule has 3 unspecified atom stereocenters. The zero-order valence-corrected chi connectivity index (χ0v) is 23.9. The van der Waals surface area contributed by atoms with Crippen LogP contribution in [0.4, 0.5) is 19.4 Å². The van der Waals surface area contributed by atoms with Crippen LogP contribution in [-0.2, 0) is 9.47 Å². The van der Waals surface area contributed by atoms with Gasteiger partial charge in [-0.3, -0.25) is 4.90 Å². The van der Waals surface area contributed by atoms with Gasteiger partial charge in [0.05, 0.1) is 16.9 Å². The van der Waals surface area contributed by atoms with E-state index < -0.39 is 28.8 Å². The van der Waals surface area contributed by atoms with Crippen molar-refractivity contribution in [3.63, 3.8) is 0 Å². The maximum absolute atomic E-state index is 15.2. The lowest BCUT2D eigenvalue weighted by Gasteiger charge is -2.46. The van der Waals surface area contributed by atoms with Gasteiger partial charge in [-0.15, -0.1) is 0 Å². The van der Waals surface area contributed by atoms with Crippen molar-refractivity contribution in [3.05, 3.63) is 18.6 Å². The highest BCUT2D eigenvalue weighted by molar-refractivity contribution is 5.86. The normalized spacial score (nSPS) is 27.2. The summed E-state index contributed by atoms with van der Waals surface area (Å²) in [5, 5.41) is 16.9. The van der Waals surface area contributed by atoms with Gasteiger partial charge in [0.2, 0.25) is 0 Å². The van der Waals surface area contributed by atoms with Gasteiger partial charge >= 0.3 is 6.09 Å². The fourth-order valence-electron chi connectivity index (χ4n) is 5.66. The number of fused-ring (bicyclic) bond motifs is 1. The largest absolute Gasteiger partial charge is 0.444 e. The summed E-state index contributed by atoms with van der Waals surface area (Å²) in [5.74, 6) is -3.90. The lowest BCUT2D eigenvalue weighted by molar-refractivity contribution is -0.159. The van der Waals surface area contributed by atoms with Crippen LogP contribution in [0.15, 0.2) is 18.6 Å². The molecule has 1 spiro atoms. The molecule has 3 saturated heterocycles. The first-order valence-corrected chi connectivity index (χ1v) is 13.7. The van der Waals surface area contributed by atoms with E-state index in [2.05, 4.69) is 14.9 Å². The number of anilines is 1. The number of rotatable bonds is 3. The Morgan fingerprint density at radius 3 is 2.52 bits per heavy atom. The SMILES string of the molecule is CC(C)(C)OC(=O)N1CCC(F)(F)C2(CCN(CC3CCC(n4ccc5c(N)ncnc54)O3)C2)C1.CC(C)(O)O. The number of amides is 1. The molecule has 3 atom stereocenters. The number of nitrogen functional groups attached to an aromatic ring is 1. The molecule has 2 aromatic rings. The van der Waals surface area contributed by atoms with E-state index in [9.17, 15) is 4.79 Å². The van der Waals surface area contributed by atoms with Crippen LogP contribution in [0.2, 0.25) is 0 Å². The molecule has 5 heterocycles. The van der Waals surface area contributed by atoms with Crippen molar-refractivity contribution < 1.29 is 33.3 Å².